The van der Waals surface area contributed by atoms with Gasteiger partial charge in [0.1, 0.15) is 19.2 Å². The van der Waals surface area contributed by atoms with Crippen LogP contribution in [0.4, 0.5) is 4.79 Å². The van der Waals surface area contributed by atoms with Crippen molar-refractivity contribution in [2.24, 2.45) is 4.99 Å². The molecular weight excluding hydrogens is 481 g/mol. The molecule has 9 heteroatoms. The van der Waals surface area contributed by atoms with E-state index in [9.17, 15) is 14.7 Å². The molecule has 3 aromatic rings. The second-order valence-electron chi connectivity index (χ2n) is 10.4. The molecular formula is C29H34BN3O5. The van der Waals surface area contributed by atoms with E-state index >= 15 is 0 Å². The highest BCUT2D eigenvalue weighted by Crippen LogP contribution is 2.19. The lowest BCUT2D eigenvalue weighted by molar-refractivity contribution is -0.132. The lowest BCUT2D eigenvalue weighted by atomic mass is 9.94. The third kappa shape index (κ3) is 6.85. The van der Waals surface area contributed by atoms with Gasteiger partial charge in [-0.25, -0.2) is 9.59 Å². The number of aryl methyl sites for hydroxylation is 1. The highest BCUT2D eigenvalue weighted by atomic mass is 16.6. The van der Waals surface area contributed by atoms with Crippen LogP contribution in [0.15, 0.2) is 77.0 Å². The summed E-state index contributed by atoms with van der Waals surface area (Å²) in [4.78, 5) is 28.6. The number of aromatic nitrogens is 2. The van der Waals surface area contributed by atoms with Gasteiger partial charge in [-0.05, 0) is 69.9 Å². The Bertz CT molecular complexity index is 1470. The van der Waals surface area contributed by atoms with Crippen LogP contribution in [-0.2, 0) is 27.4 Å². The molecule has 8 nitrogen and oxygen atoms in total. The molecule has 0 radical (unpaired) electrons. The first kappa shape index (κ1) is 27.0. The minimum absolute atomic E-state index is 0.356. The summed E-state index contributed by atoms with van der Waals surface area (Å²) in [5.41, 5.74) is 4.37. The first-order chi connectivity index (χ1) is 18.1. The van der Waals surface area contributed by atoms with Gasteiger partial charge in [0.2, 0.25) is 5.62 Å². The fourth-order valence-electron chi connectivity index (χ4n) is 4.49. The number of hydrogen-bond donors (Lipinski definition) is 1. The van der Waals surface area contributed by atoms with E-state index in [2.05, 4.69) is 31.0 Å². The van der Waals surface area contributed by atoms with E-state index in [1.807, 2.05) is 66.3 Å². The van der Waals surface area contributed by atoms with Crippen LogP contribution >= 0.6 is 0 Å². The SMILES string of the molecule is Bc1cccc(Cn2/c(=N/C(=O)OC(C)(C)C)n(CCCOC3=CCCC(C(=O)O)=C3)c3ccccc32)c1. The van der Waals surface area contributed by atoms with Gasteiger partial charge in [0.25, 0.3) is 0 Å². The molecule has 0 saturated carbocycles. The number of carbonyl (C=O) groups is 2. The van der Waals surface area contributed by atoms with Crippen LogP contribution in [0.3, 0.4) is 0 Å². The number of amides is 1. The number of nitrogens with zero attached hydrogens (tertiary/aromatic N) is 3. The lowest BCUT2D eigenvalue weighted by Crippen LogP contribution is -2.30. The fourth-order valence-corrected chi connectivity index (χ4v) is 4.49. The first-order valence-corrected chi connectivity index (χ1v) is 12.9. The number of imidazole rings is 1. The van der Waals surface area contributed by atoms with Crippen LogP contribution in [0.1, 0.15) is 45.6 Å². The highest BCUT2D eigenvalue weighted by molar-refractivity contribution is 6.32. The van der Waals surface area contributed by atoms with Gasteiger partial charge in [-0.2, -0.15) is 0 Å². The summed E-state index contributed by atoms with van der Waals surface area (Å²) in [7, 11) is 2.06. The Morgan fingerprint density at radius 3 is 2.50 bits per heavy atom. The predicted molar refractivity (Wildman–Crippen MR) is 149 cm³/mol. The summed E-state index contributed by atoms with van der Waals surface area (Å²) in [5, 5.41) is 9.27. The number of allylic oxidation sites excluding steroid dienone is 2. The zero-order valence-corrected chi connectivity index (χ0v) is 22.4. The lowest BCUT2D eigenvalue weighted by Gasteiger charge is -2.17. The number of fused-ring (bicyclic) bond motifs is 1. The molecule has 1 N–H and O–H groups in total. The predicted octanol–water partition coefficient (Wildman–Crippen LogP) is 3.68. The molecule has 38 heavy (non-hydrogen) atoms. The Labute approximate surface area is 223 Å². The van der Waals surface area contributed by atoms with Gasteiger partial charge in [-0.3, -0.25) is 0 Å². The number of benzene rings is 2. The van der Waals surface area contributed by atoms with Crippen molar-refractivity contribution in [1.82, 2.24) is 9.13 Å². The summed E-state index contributed by atoms with van der Waals surface area (Å²) in [6.45, 7) is 6.94. The van der Waals surface area contributed by atoms with Gasteiger partial charge in [0, 0.05) is 12.1 Å². The van der Waals surface area contributed by atoms with Gasteiger partial charge in [-0.15, -0.1) is 4.99 Å². The Morgan fingerprint density at radius 2 is 1.82 bits per heavy atom. The number of para-hydroxylation sites is 2. The van der Waals surface area contributed by atoms with Crippen molar-refractivity contribution >= 4 is 36.4 Å². The monoisotopic (exact) mass is 515 g/mol. The van der Waals surface area contributed by atoms with Gasteiger partial charge in [0.05, 0.1) is 24.2 Å². The van der Waals surface area contributed by atoms with Gasteiger partial charge in [-0.1, -0.05) is 41.9 Å². The molecule has 0 bridgehead atoms. The average Bonchev–Trinajstić information content (AvgIpc) is 3.13. The Kier molecular flexibility index (Phi) is 8.24. The third-order valence-corrected chi connectivity index (χ3v) is 6.10. The van der Waals surface area contributed by atoms with Crippen molar-refractivity contribution in [3.8, 4) is 0 Å². The zero-order valence-electron chi connectivity index (χ0n) is 22.4. The van der Waals surface area contributed by atoms with E-state index in [1.165, 1.54) is 0 Å². The van der Waals surface area contributed by atoms with Crippen LogP contribution in [0, 0.1) is 0 Å². The maximum atomic E-state index is 12.8. The normalized spacial score (nSPS) is 14.2. The summed E-state index contributed by atoms with van der Waals surface area (Å²) in [6, 6.07) is 16.3. The van der Waals surface area contributed by atoms with Crippen molar-refractivity contribution in [2.75, 3.05) is 6.61 Å². The van der Waals surface area contributed by atoms with Crippen molar-refractivity contribution in [3.05, 3.63) is 83.2 Å². The smallest absolute Gasteiger partial charge is 0.437 e. The summed E-state index contributed by atoms with van der Waals surface area (Å²) >= 11 is 0. The number of ether oxygens (including phenoxy) is 2. The van der Waals surface area contributed by atoms with Crippen molar-refractivity contribution in [2.45, 2.75) is 58.7 Å². The molecule has 0 fully saturated rings. The Morgan fingerprint density at radius 1 is 1.08 bits per heavy atom. The molecule has 0 unspecified atom stereocenters. The largest absolute Gasteiger partial charge is 0.494 e. The second-order valence-corrected chi connectivity index (χ2v) is 10.4. The Hall–Kier alpha value is -4.01. The number of aliphatic carboxylic acids is 1. The molecule has 1 aliphatic carbocycles. The quantitative estimate of drug-likeness (QED) is 0.365. The first-order valence-electron chi connectivity index (χ1n) is 12.9. The molecule has 1 amide bonds. The molecule has 0 saturated heterocycles. The maximum Gasteiger partial charge on any atom is 0.437 e. The zero-order chi connectivity index (χ0) is 27.3. The average molecular weight is 515 g/mol. The minimum atomic E-state index is -0.912. The molecule has 1 aliphatic rings. The fraction of sp³-hybridized carbons (Fsp3) is 0.345. The maximum absolute atomic E-state index is 12.8. The van der Waals surface area contributed by atoms with Crippen LogP contribution < -0.4 is 11.1 Å². The van der Waals surface area contributed by atoms with Crippen molar-refractivity contribution in [3.63, 3.8) is 0 Å². The molecule has 4 rings (SSSR count). The standard InChI is InChI=1S/C29H34BN3O5/c1-29(2,3)38-28(36)31-27-32(15-8-16-37-23-12-7-10-21(18-23)26(34)35)24-13-4-5-14-25(24)33(27)19-20-9-6-11-22(30)17-20/h4-6,9,11-14,17-18H,7-8,10,15-16,19,30H2,1-3H3,(H,34,35)/b31-27+. The molecule has 0 atom stereocenters. The van der Waals surface area contributed by atoms with E-state index < -0.39 is 17.7 Å². The number of carbonyl (C=O) groups excluding carboxylic acids is 1. The van der Waals surface area contributed by atoms with Crippen molar-refractivity contribution < 1.29 is 24.2 Å². The van der Waals surface area contributed by atoms with Gasteiger partial charge in [0.15, 0.2) is 0 Å². The highest BCUT2D eigenvalue weighted by Gasteiger charge is 2.19. The minimum Gasteiger partial charge on any atom is -0.494 e. The molecule has 1 aromatic heterocycles. The number of carboxylic acids is 1. The summed E-state index contributed by atoms with van der Waals surface area (Å²) < 4.78 is 15.5. The van der Waals surface area contributed by atoms with Gasteiger partial charge >= 0.3 is 12.1 Å². The number of rotatable bonds is 8. The van der Waals surface area contributed by atoms with Gasteiger partial charge < -0.3 is 23.7 Å². The summed E-state index contributed by atoms with van der Waals surface area (Å²) in [6.07, 6.45) is 4.65. The van der Waals surface area contributed by atoms with E-state index in [4.69, 9.17) is 9.47 Å². The molecule has 1 heterocycles. The number of carboxylic acid groups (broad SMARTS) is 1. The Balaban J connectivity index is 1.66. The van der Waals surface area contributed by atoms with Crippen LogP contribution in [-0.4, -0.2) is 46.4 Å². The molecule has 0 aliphatic heterocycles. The van der Waals surface area contributed by atoms with E-state index in [-0.39, 0.29) is 0 Å². The molecule has 0 spiro atoms. The number of hydrogen-bond acceptors (Lipinski definition) is 4. The third-order valence-electron chi connectivity index (χ3n) is 6.10. The van der Waals surface area contributed by atoms with Crippen LogP contribution in [0.25, 0.3) is 11.0 Å². The molecule has 2 aromatic carbocycles. The van der Waals surface area contributed by atoms with E-state index in [0.717, 1.165) is 22.1 Å². The second kappa shape index (κ2) is 11.6. The topological polar surface area (TPSA) is 95.0 Å². The van der Waals surface area contributed by atoms with E-state index in [0.29, 0.717) is 55.9 Å². The van der Waals surface area contributed by atoms with Crippen LogP contribution in [0.2, 0.25) is 0 Å². The van der Waals surface area contributed by atoms with Crippen LogP contribution in [0.5, 0.6) is 0 Å². The van der Waals surface area contributed by atoms with Crippen molar-refractivity contribution in [1.29, 1.82) is 0 Å². The summed E-state index contributed by atoms with van der Waals surface area (Å²) in [5.74, 6) is -0.330. The van der Waals surface area contributed by atoms with E-state index in [1.54, 1.807) is 6.08 Å². The molecule has 198 valence electrons.